The lowest BCUT2D eigenvalue weighted by atomic mass is 9.84. The van der Waals surface area contributed by atoms with E-state index in [9.17, 15) is 0 Å². The molecule has 2 aromatic carbocycles. The first-order valence-electron chi connectivity index (χ1n) is 7.14. The van der Waals surface area contributed by atoms with E-state index in [1.807, 2.05) is 12.3 Å². The molecule has 1 atom stereocenters. The monoisotopic (exact) mass is 352 g/mol. The number of nitrogens with zero attached hydrogens (tertiary/aromatic N) is 1. The van der Waals surface area contributed by atoms with Gasteiger partial charge in [0.25, 0.3) is 0 Å². The van der Waals surface area contributed by atoms with Gasteiger partial charge in [-0.25, -0.2) is 0 Å². The molecule has 2 nitrogen and oxygen atoms in total. The van der Waals surface area contributed by atoms with Gasteiger partial charge in [0.05, 0.1) is 0 Å². The van der Waals surface area contributed by atoms with Crippen molar-refractivity contribution in [3.63, 3.8) is 0 Å². The number of anilines is 1. The van der Waals surface area contributed by atoms with Crippen LogP contribution in [0.5, 0.6) is 0 Å². The van der Waals surface area contributed by atoms with E-state index in [-0.39, 0.29) is 5.92 Å². The van der Waals surface area contributed by atoms with Gasteiger partial charge in [-0.2, -0.15) is 0 Å². The summed E-state index contributed by atoms with van der Waals surface area (Å²) in [5, 5.41) is 1.47. The van der Waals surface area contributed by atoms with E-state index in [2.05, 4.69) is 47.0 Å². The third kappa shape index (κ3) is 3.23. The molecule has 0 aromatic heterocycles. The molecule has 1 aliphatic rings. The number of halogens is 2. The third-order valence-corrected chi connectivity index (χ3v) is 5.00. The van der Waals surface area contributed by atoms with Crippen LogP contribution in [0.4, 0.5) is 5.69 Å². The van der Waals surface area contributed by atoms with Crippen LogP contribution in [0.3, 0.4) is 0 Å². The summed E-state index contributed by atoms with van der Waals surface area (Å²) < 4.78 is 3.30. The van der Waals surface area contributed by atoms with Gasteiger partial charge >= 0.3 is 0 Å². The highest BCUT2D eigenvalue weighted by Gasteiger charge is 2.27. The number of hydrogen-bond donors (Lipinski definition) is 1. The van der Waals surface area contributed by atoms with Gasteiger partial charge in [-0.3, -0.25) is 0 Å². The van der Waals surface area contributed by atoms with E-state index >= 15 is 0 Å². The van der Waals surface area contributed by atoms with Crippen LogP contribution in [0.1, 0.15) is 22.6 Å². The highest BCUT2D eigenvalue weighted by molar-refractivity contribution is 7.99. The molecule has 0 saturated heterocycles. The molecular weight excluding hydrogens is 335 g/mol. The molecular formula is C17H18Cl2N2S. The van der Waals surface area contributed by atoms with Crippen LogP contribution in [0.15, 0.2) is 36.4 Å². The number of benzene rings is 2. The third-order valence-electron chi connectivity index (χ3n) is 4.00. The van der Waals surface area contributed by atoms with Gasteiger partial charge in [-0.1, -0.05) is 47.3 Å². The number of rotatable bonds is 3. The average Bonchev–Trinajstić information content (AvgIpc) is 2.48. The normalized spacial score (nSPS) is 18.1. The van der Waals surface area contributed by atoms with E-state index in [4.69, 9.17) is 23.2 Å². The van der Waals surface area contributed by atoms with Gasteiger partial charge < -0.3 is 9.62 Å². The average molecular weight is 353 g/mol. The van der Waals surface area contributed by atoms with Crippen LogP contribution in [0, 0.1) is 0 Å². The molecule has 5 heteroatoms. The summed E-state index contributed by atoms with van der Waals surface area (Å²) in [6.45, 7) is 1.83. The van der Waals surface area contributed by atoms with Crippen LogP contribution in [-0.2, 0) is 6.54 Å². The molecule has 0 radical (unpaired) electrons. The molecule has 0 bridgehead atoms. The fourth-order valence-corrected chi connectivity index (χ4v) is 4.00. The smallest absolute Gasteiger partial charge is 0.0468 e. The highest BCUT2D eigenvalue weighted by Crippen LogP contribution is 2.38. The van der Waals surface area contributed by atoms with E-state index in [1.54, 1.807) is 11.9 Å². The Labute approximate surface area is 145 Å². The minimum Gasteiger partial charge on any atom is -0.330 e. The van der Waals surface area contributed by atoms with Gasteiger partial charge in [0.15, 0.2) is 0 Å². The van der Waals surface area contributed by atoms with Crippen LogP contribution in [-0.4, -0.2) is 24.7 Å². The van der Waals surface area contributed by atoms with Crippen molar-refractivity contribution in [3.8, 4) is 0 Å². The Morgan fingerprint density at radius 1 is 1.23 bits per heavy atom. The van der Waals surface area contributed by atoms with Crippen molar-refractivity contribution in [2.24, 2.45) is 0 Å². The first kappa shape index (κ1) is 16.0. The lowest BCUT2D eigenvalue weighted by molar-refractivity contribution is 0.295. The van der Waals surface area contributed by atoms with E-state index < -0.39 is 0 Å². The molecule has 0 spiro atoms. The topological polar surface area (TPSA) is 15.3 Å². The Morgan fingerprint density at radius 2 is 2.05 bits per heavy atom. The molecule has 0 aliphatic carbocycles. The maximum Gasteiger partial charge on any atom is 0.0468 e. The van der Waals surface area contributed by atoms with Crippen molar-refractivity contribution in [2.45, 2.75) is 12.5 Å². The molecule has 1 N–H and O–H groups in total. The lowest BCUT2D eigenvalue weighted by Crippen LogP contribution is -2.31. The molecule has 22 heavy (non-hydrogen) atoms. The number of hydrogen-bond acceptors (Lipinski definition) is 3. The van der Waals surface area contributed by atoms with E-state index in [1.165, 1.54) is 16.7 Å². The molecule has 1 aliphatic heterocycles. The second-order valence-electron chi connectivity index (χ2n) is 5.64. The lowest BCUT2D eigenvalue weighted by Gasteiger charge is -2.33. The van der Waals surface area contributed by atoms with Gasteiger partial charge in [-0.15, -0.1) is 0 Å². The summed E-state index contributed by atoms with van der Waals surface area (Å²) in [6, 6.07) is 12.5. The Kier molecular flexibility index (Phi) is 4.88. The molecule has 0 amide bonds. The number of likely N-dealkylation sites (N-methyl/N-ethyl adjacent to an activating group) is 1. The molecule has 2 aromatic rings. The first-order valence-corrected chi connectivity index (χ1v) is 9.12. The van der Waals surface area contributed by atoms with Gasteiger partial charge in [0.1, 0.15) is 0 Å². The summed E-state index contributed by atoms with van der Waals surface area (Å²) in [5.41, 5.74) is 4.84. The first-order chi connectivity index (χ1) is 10.6. The molecule has 0 fully saturated rings. The van der Waals surface area contributed by atoms with Crippen molar-refractivity contribution < 1.29 is 0 Å². The standard InChI is InChI=1S/C17H18Cl2N2S/c1-21-9-15(11-4-3-5-13(6-11)20-22-2)14-7-12(18)8-17(19)16(14)10-21/h3-8,15,20H,9-10H2,1-2H3/t15-/m0/s1. The van der Waals surface area contributed by atoms with Crippen molar-refractivity contribution in [1.82, 2.24) is 4.90 Å². The van der Waals surface area contributed by atoms with Crippen molar-refractivity contribution in [1.29, 1.82) is 0 Å². The van der Waals surface area contributed by atoms with Gasteiger partial charge in [0, 0.05) is 41.0 Å². The SMILES string of the molecule is CSNc1cccc([C@@H]2CN(C)Cc3c(Cl)cc(Cl)cc32)c1. The van der Waals surface area contributed by atoms with Crippen molar-refractivity contribution in [2.75, 3.05) is 24.6 Å². The predicted molar refractivity (Wildman–Crippen MR) is 98.2 cm³/mol. The molecule has 0 unspecified atom stereocenters. The zero-order valence-corrected chi connectivity index (χ0v) is 14.9. The molecule has 1 heterocycles. The van der Waals surface area contributed by atoms with Crippen LogP contribution in [0.25, 0.3) is 0 Å². The Balaban J connectivity index is 2.07. The minimum absolute atomic E-state index is 0.286. The molecule has 0 saturated carbocycles. The Hall–Kier alpha value is -0.870. The predicted octanol–water partition coefficient (Wildman–Crippen LogP) is 5.26. The highest BCUT2D eigenvalue weighted by atomic mass is 35.5. The summed E-state index contributed by atoms with van der Waals surface area (Å²) in [4.78, 5) is 2.31. The summed E-state index contributed by atoms with van der Waals surface area (Å²) in [6.07, 6.45) is 2.02. The number of nitrogens with one attached hydrogen (secondary N) is 1. The Morgan fingerprint density at radius 3 is 2.82 bits per heavy atom. The Bertz CT molecular complexity index is 690. The van der Waals surface area contributed by atoms with E-state index in [0.717, 1.165) is 23.8 Å². The largest absolute Gasteiger partial charge is 0.330 e. The maximum atomic E-state index is 6.42. The quantitative estimate of drug-likeness (QED) is 0.758. The summed E-state index contributed by atoms with van der Waals surface area (Å²) in [7, 11) is 2.13. The summed E-state index contributed by atoms with van der Waals surface area (Å²) >= 11 is 14.3. The number of fused-ring (bicyclic) bond motifs is 1. The van der Waals surface area contributed by atoms with Gasteiger partial charge in [0.2, 0.25) is 0 Å². The fourth-order valence-electron chi connectivity index (χ4n) is 3.07. The fraction of sp³-hybridized carbons (Fsp3) is 0.294. The van der Waals surface area contributed by atoms with Crippen LogP contribution < -0.4 is 4.72 Å². The zero-order valence-electron chi connectivity index (χ0n) is 12.6. The minimum atomic E-state index is 0.286. The van der Waals surface area contributed by atoms with Gasteiger partial charge in [-0.05, 0) is 48.0 Å². The second-order valence-corrected chi connectivity index (χ2v) is 7.09. The van der Waals surface area contributed by atoms with Crippen molar-refractivity contribution >= 4 is 40.8 Å². The maximum absolute atomic E-state index is 6.42. The van der Waals surface area contributed by atoms with E-state index in [0.29, 0.717) is 5.02 Å². The van der Waals surface area contributed by atoms with Crippen LogP contribution in [0.2, 0.25) is 10.0 Å². The second kappa shape index (κ2) is 6.71. The van der Waals surface area contributed by atoms with Crippen molar-refractivity contribution in [3.05, 3.63) is 63.1 Å². The van der Waals surface area contributed by atoms with Crippen LogP contribution >= 0.6 is 35.1 Å². The summed E-state index contributed by atoms with van der Waals surface area (Å²) in [5.74, 6) is 0.286. The zero-order chi connectivity index (χ0) is 15.7. The molecule has 116 valence electrons. The molecule has 3 rings (SSSR count).